The molecule has 7 heteroatoms. The van der Waals surface area contributed by atoms with Crippen molar-refractivity contribution in [1.82, 2.24) is 4.90 Å². The van der Waals surface area contributed by atoms with E-state index in [0.29, 0.717) is 26.3 Å². The highest BCUT2D eigenvalue weighted by molar-refractivity contribution is 6.31. The molecule has 136 valence electrons. The van der Waals surface area contributed by atoms with E-state index in [0.717, 1.165) is 12.1 Å². The van der Waals surface area contributed by atoms with Crippen molar-refractivity contribution >= 4 is 23.4 Å². The highest BCUT2D eigenvalue weighted by atomic mass is 35.5. The van der Waals surface area contributed by atoms with E-state index in [1.807, 2.05) is 20.8 Å². The molecule has 24 heavy (non-hydrogen) atoms. The second-order valence-corrected chi connectivity index (χ2v) is 6.83. The van der Waals surface area contributed by atoms with Gasteiger partial charge in [-0.3, -0.25) is 0 Å². The van der Waals surface area contributed by atoms with Crippen molar-refractivity contribution in [1.29, 1.82) is 0 Å². The van der Waals surface area contributed by atoms with Crippen LogP contribution in [0.15, 0.2) is 18.2 Å². The molecule has 1 aromatic rings. The predicted octanol–water partition coefficient (Wildman–Crippen LogP) is 4.16. The number of hydrogen-bond donors (Lipinski definition) is 1. The zero-order valence-corrected chi connectivity index (χ0v) is 15.5. The van der Waals surface area contributed by atoms with Gasteiger partial charge >= 0.3 is 6.09 Å². The normalized spacial score (nSPS) is 11.2. The van der Waals surface area contributed by atoms with Crippen molar-refractivity contribution in [2.75, 3.05) is 38.7 Å². The summed E-state index contributed by atoms with van der Waals surface area (Å²) in [6, 6.07) is 4.47. The van der Waals surface area contributed by atoms with E-state index in [4.69, 9.17) is 21.1 Å². The second kappa shape index (κ2) is 9.69. The molecule has 0 bridgehead atoms. The van der Waals surface area contributed by atoms with E-state index >= 15 is 0 Å². The molecule has 0 heterocycles. The first-order valence-corrected chi connectivity index (χ1v) is 8.27. The van der Waals surface area contributed by atoms with Crippen LogP contribution in [0.2, 0.25) is 5.02 Å². The van der Waals surface area contributed by atoms with Crippen molar-refractivity contribution < 1.29 is 18.7 Å². The highest BCUT2D eigenvalue weighted by Crippen LogP contribution is 2.18. The van der Waals surface area contributed by atoms with E-state index in [1.165, 1.54) is 17.0 Å². The van der Waals surface area contributed by atoms with Crippen molar-refractivity contribution in [3.8, 4) is 0 Å². The number of benzene rings is 1. The molecule has 0 saturated heterocycles. The van der Waals surface area contributed by atoms with Crippen molar-refractivity contribution in [2.24, 2.45) is 0 Å². The van der Waals surface area contributed by atoms with Crippen LogP contribution >= 0.6 is 11.6 Å². The molecule has 0 aromatic heterocycles. The Morgan fingerprint density at radius 2 is 2.04 bits per heavy atom. The van der Waals surface area contributed by atoms with Crippen LogP contribution in [0.5, 0.6) is 0 Å². The van der Waals surface area contributed by atoms with E-state index in [2.05, 4.69) is 5.32 Å². The lowest BCUT2D eigenvalue weighted by atomic mass is 10.2. The van der Waals surface area contributed by atoms with Crippen LogP contribution in [-0.2, 0) is 9.47 Å². The quantitative estimate of drug-likeness (QED) is 0.707. The van der Waals surface area contributed by atoms with Crippen LogP contribution in [0.1, 0.15) is 27.2 Å². The molecule has 0 aliphatic carbocycles. The summed E-state index contributed by atoms with van der Waals surface area (Å²) in [6.45, 7) is 7.71. The summed E-state index contributed by atoms with van der Waals surface area (Å²) in [7, 11) is 1.70. The van der Waals surface area contributed by atoms with Gasteiger partial charge in [-0.25, -0.2) is 9.18 Å². The number of nitrogens with zero attached hydrogens (tertiary/aromatic N) is 1. The van der Waals surface area contributed by atoms with Crippen LogP contribution < -0.4 is 5.32 Å². The first-order valence-electron chi connectivity index (χ1n) is 7.90. The first kappa shape index (κ1) is 20.5. The summed E-state index contributed by atoms with van der Waals surface area (Å²) < 4.78 is 23.8. The lowest BCUT2D eigenvalue weighted by Gasteiger charge is -2.24. The van der Waals surface area contributed by atoms with Crippen LogP contribution in [-0.4, -0.2) is 49.9 Å². The molecule has 0 atom stereocenters. The van der Waals surface area contributed by atoms with Gasteiger partial charge in [-0.15, -0.1) is 0 Å². The van der Waals surface area contributed by atoms with Crippen molar-refractivity contribution in [3.05, 3.63) is 29.0 Å². The second-order valence-electron chi connectivity index (χ2n) is 6.42. The average Bonchev–Trinajstić information content (AvgIpc) is 2.47. The summed E-state index contributed by atoms with van der Waals surface area (Å²) in [6.07, 6.45) is 0.385. The lowest BCUT2D eigenvalue weighted by molar-refractivity contribution is 0.0281. The van der Waals surface area contributed by atoms with Gasteiger partial charge in [0.05, 0.1) is 11.6 Å². The number of nitrogens with one attached hydrogen (secondary N) is 1. The minimum atomic E-state index is -0.489. The maximum atomic E-state index is 13.0. The number of amides is 1. The number of anilines is 1. The summed E-state index contributed by atoms with van der Waals surface area (Å²) in [4.78, 5) is 13.3. The number of carbonyl (C=O) groups excluding carboxylic acids is 1. The number of ether oxygens (including phenoxy) is 2. The molecule has 0 unspecified atom stereocenters. The molecular formula is C17H26ClFN2O3. The molecule has 0 aliphatic heterocycles. The Morgan fingerprint density at radius 1 is 1.33 bits per heavy atom. The zero-order chi connectivity index (χ0) is 18.2. The van der Waals surface area contributed by atoms with E-state index in [1.54, 1.807) is 13.1 Å². The highest BCUT2D eigenvalue weighted by Gasteiger charge is 2.18. The SMILES string of the molecule is CN(CCCOCCNc1ccc(F)c(Cl)c1)C(=O)OC(C)(C)C. The van der Waals surface area contributed by atoms with Crippen LogP contribution in [0.25, 0.3) is 0 Å². The lowest BCUT2D eigenvalue weighted by Crippen LogP contribution is -2.35. The van der Waals surface area contributed by atoms with Gasteiger partial charge in [-0.2, -0.15) is 0 Å². The maximum absolute atomic E-state index is 13.0. The minimum absolute atomic E-state index is 0.0890. The Kier molecular flexibility index (Phi) is 8.28. The Hall–Kier alpha value is -1.53. The van der Waals surface area contributed by atoms with Crippen LogP contribution in [0, 0.1) is 5.82 Å². The zero-order valence-electron chi connectivity index (χ0n) is 14.7. The number of halogens is 2. The number of rotatable bonds is 8. The fourth-order valence-electron chi connectivity index (χ4n) is 1.81. The molecule has 0 saturated carbocycles. The predicted molar refractivity (Wildman–Crippen MR) is 94.2 cm³/mol. The fourth-order valence-corrected chi connectivity index (χ4v) is 1.99. The first-order chi connectivity index (χ1) is 11.2. The molecular weight excluding hydrogens is 335 g/mol. The van der Waals surface area contributed by atoms with Gasteiger partial charge in [0.25, 0.3) is 0 Å². The van der Waals surface area contributed by atoms with Gasteiger partial charge in [0.2, 0.25) is 0 Å². The number of carbonyl (C=O) groups is 1. The third-order valence-electron chi connectivity index (χ3n) is 2.98. The van der Waals surface area contributed by atoms with E-state index in [-0.39, 0.29) is 11.1 Å². The fraction of sp³-hybridized carbons (Fsp3) is 0.588. The van der Waals surface area contributed by atoms with Gasteiger partial charge in [0, 0.05) is 32.4 Å². The van der Waals surface area contributed by atoms with E-state index in [9.17, 15) is 9.18 Å². The smallest absolute Gasteiger partial charge is 0.410 e. The molecule has 1 amide bonds. The molecule has 5 nitrogen and oxygen atoms in total. The molecule has 1 rings (SSSR count). The summed E-state index contributed by atoms with van der Waals surface area (Å²) in [5, 5.41) is 3.18. The van der Waals surface area contributed by atoms with Gasteiger partial charge < -0.3 is 19.7 Å². The summed E-state index contributed by atoms with van der Waals surface area (Å²) in [5.41, 5.74) is 0.256. The Bertz CT molecular complexity index is 535. The third kappa shape index (κ3) is 8.36. The molecule has 1 aromatic carbocycles. The summed E-state index contributed by atoms with van der Waals surface area (Å²) in [5.74, 6) is -0.437. The molecule has 1 N–H and O–H groups in total. The average molecular weight is 361 g/mol. The topological polar surface area (TPSA) is 50.8 Å². The van der Waals surface area contributed by atoms with Gasteiger partial charge in [0.15, 0.2) is 0 Å². The molecule has 0 fully saturated rings. The third-order valence-corrected chi connectivity index (χ3v) is 3.27. The van der Waals surface area contributed by atoms with E-state index < -0.39 is 11.4 Å². The Labute approximate surface area is 148 Å². The van der Waals surface area contributed by atoms with Gasteiger partial charge in [0.1, 0.15) is 11.4 Å². The maximum Gasteiger partial charge on any atom is 0.410 e. The minimum Gasteiger partial charge on any atom is -0.444 e. The van der Waals surface area contributed by atoms with Crippen LogP contribution in [0.4, 0.5) is 14.9 Å². The monoisotopic (exact) mass is 360 g/mol. The van der Waals surface area contributed by atoms with Gasteiger partial charge in [-0.1, -0.05) is 11.6 Å². The summed E-state index contributed by atoms with van der Waals surface area (Å²) >= 11 is 5.70. The van der Waals surface area contributed by atoms with Crippen molar-refractivity contribution in [3.63, 3.8) is 0 Å². The molecule has 0 spiro atoms. The van der Waals surface area contributed by atoms with Crippen LogP contribution in [0.3, 0.4) is 0 Å². The van der Waals surface area contributed by atoms with Crippen molar-refractivity contribution in [2.45, 2.75) is 32.8 Å². The molecule has 0 radical (unpaired) electrons. The Morgan fingerprint density at radius 3 is 2.67 bits per heavy atom. The molecule has 0 aliphatic rings. The standard InChI is InChI=1S/C17H26ClFN2O3/c1-17(2,3)24-16(22)21(4)9-5-10-23-11-8-20-13-6-7-15(19)14(18)12-13/h6-7,12,20H,5,8-11H2,1-4H3. The largest absolute Gasteiger partial charge is 0.444 e. The van der Waals surface area contributed by atoms with Gasteiger partial charge in [-0.05, 0) is 45.4 Å². The Balaban J connectivity index is 2.09. The number of hydrogen-bond acceptors (Lipinski definition) is 4.